The predicted octanol–water partition coefficient (Wildman–Crippen LogP) is 1.33. The van der Waals surface area contributed by atoms with E-state index in [-0.39, 0.29) is 11.2 Å². The molecule has 0 bridgehead atoms. The minimum Gasteiger partial charge on any atom is -0.381 e. The summed E-state index contributed by atoms with van der Waals surface area (Å²) < 4.78 is 5.35. The molecular weight excluding hydrogens is 198 g/mol. The first kappa shape index (κ1) is 11.9. The summed E-state index contributed by atoms with van der Waals surface area (Å²) in [6, 6.07) is 0. The Morgan fingerprint density at radius 3 is 2.93 bits per heavy atom. The minimum absolute atomic E-state index is 0.235. The lowest BCUT2D eigenvalue weighted by atomic mass is 10.4. The van der Waals surface area contributed by atoms with Crippen molar-refractivity contribution in [2.24, 2.45) is 0 Å². The smallest absolute Gasteiger partial charge is 0.223 e. The highest BCUT2D eigenvalue weighted by atomic mass is 32.1. The van der Waals surface area contributed by atoms with Crippen LogP contribution >= 0.6 is 12.6 Å². The molecule has 0 aromatic carbocycles. The number of ether oxygens (including phenoxy) is 1. The first-order chi connectivity index (χ1) is 6.74. The van der Waals surface area contributed by atoms with Crippen molar-refractivity contribution in [3.63, 3.8) is 0 Å². The third-order valence-electron chi connectivity index (χ3n) is 2.26. The summed E-state index contributed by atoms with van der Waals surface area (Å²) in [5.74, 6) is 0.237. The van der Waals surface area contributed by atoms with Gasteiger partial charge in [-0.3, -0.25) is 4.79 Å². The van der Waals surface area contributed by atoms with Crippen molar-refractivity contribution >= 4 is 18.5 Å². The van der Waals surface area contributed by atoms with Crippen LogP contribution in [0, 0.1) is 0 Å². The molecule has 1 aliphatic rings. The van der Waals surface area contributed by atoms with E-state index in [1.165, 1.54) is 0 Å². The highest BCUT2D eigenvalue weighted by Crippen LogP contribution is 2.15. The molecule has 1 heterocycles. The molecule has 14 heavy (non-hydrogen) atoms. The molecule has 82 valence electrons. The number of nitrogens with zero attached hydrogens (tertiary/aromatic N) is 1. The molecule has 1 atom stereocenters. The second-order valence-corrected chi connectivity index (χ2v) is 4.39. The monoisotopic (exact) mass is 217 g/mol. The second-order valence-electron chi connectivity index (χ2n) is 3.66. The third-order valence-corrected chi connectivity index (χ3v) is 2.61. The Morgan fingerprint density at radius 2 is 2.36 bits per heavy atom. The number of rotatable bonds is 6. The van der Waals surface area contributed by atoms with Gasteiger partial charge < -0.3 is 9.64 Å². The topological polar surface area (TPSA) is 29.5 Å². The van der Waals surface area contributed by atoms with Crippen LogP contribution in [-0.4, -0.2) is 42.4 Å². The average molecular weight is 217 g/mol. The fourth-order valence-corrected chi connectivity index (χ4v) is 1.92. The lowest BCUT2D eigenvalue weighted by molar-refractivity contribution is -0.127. The number of carbonyl (C=O) groups is 1. The zero-order valence-corrected chi connectivity index (χ0v) is 9.63. The molecular formula is C10H19NO2S. The molecule has 3 nitrogen and oxygen atoms in total. The summed E-state index contributed by atoms with van der Waals surface area (Å²) in [5, 5.41) is 0.235. The Bertz CT molecular complexity index is 187. The summed E-state index contributed by atoms with van der Waals surface area (Å²) in [6.07, 6.45) is 2.59. The number of thiol groups is 1. The normalized spacial score (nSPS) is 22.0. The summed E-state index contributed by atoms with van der Waals surface area (Å²) in [5.41, 5.74) is 0. The highest BCUT2D eigenvalue weighted by molar-refractivity contribution is 7.81. The lowest BCUT2D eigenvalue weighted by Gasteiger charge is -2.15. The summed E-state index contributed by atoms with van der Waals surface area (Å²) in [6.45, 7) is 5.29. The van der Waals surface area contributed by atoms with Crippen LogP contribution in [0.1, 0.15) is 26.2 Å². The molecule has 0 aliphatic carbocycles. The van der Waals surface area contributed by atoms with E-state index in [4.69, 9.17) is 4.74 Å². The Hall–Kier alpha value is -0.220. The van der Waals surface area contributed by atoms with Crippen molar-refractivity contribution in [2.45, 2.75) is 31.4 Å². The Labute approximate surface area is 91.2 Å². The maximum atomic E-state index is 11.3. The van der Waals surface area contributed by atoms with Gasteiger partial charge in [0.1, 0.15) is 0 Å². The van der Waals surface area contributed by atoms with E-state index in [0.29, 0.717) is 6.42 Å². The van der Waals surface area contributed by atoms with E-state index in [2.05, 4.69) is 19.6 Å². The molecule has 0 saturated carbocycles. The van der Waals surface area contributed by atoms with Gasteiger partial charge in [0.2, 0.25) is 5.91 Å². The average Bonchev–Trinajstić information content (AvgIpc) is 2.45. The molecule has 1 rings (SSSR count). The Balaban J connectivity index is 2.04. The molecule has 0 radical (unpaired) electrons. The van der Waals surface area contributed by atoms with Crippen LogP contribution in [0.5, 0.6) is 0 Å². The van der Waals surface area contributed by atoms with Crippen LogP contribution in [0.4, 0.5) is 0 Å². The van der Waals surface area contributed by atoms with Crippen LogP contribution in [0.3, 0.4) is 0 Å². The molecule has 1 amide bonds. The number of amides is 1. The largest absolute Gasteiger partial charge is 0.381 e. The molecule has 1 saturated heterocycles. The van der Waals surface area contributed by atoms with Gasteiger partial charge in [0, 0.05) is 38.0 Å². The fourth-order valence-electron chi connectivity index (χ4n) is 1.57. The van der Waals surface area contributed by atoms with Gasteiger partial charge in [0.25, 0.3) is 0 Å². The van der Waals surface area contributed by atoms with Gasteiger partial charge in [0.05, 0.1) is 0 Å². The van der Waals surface area contributed by atoms with Crippen molar-refractivity contribution < 1.29 is 9.53 Å². The summed E-state index contributed by atoms with van der Waals surface area (Å²) >= 11 is 4.30. The van der Waals surface area contributed by atoms with Gasteiger partial charge >= 0.3 is 0 Å². The number of carbonyl (C=O) groups excluding carboxylic acids is 1. The Morgan fingerprint density at radius 1 is 1.57 bits per heavy atom. The second kappa shape index (κ2) is 6.30. The number of hydrogen-bond acceptors (Lipinski definition) is 3. The van der Waals surface area contributed by atoms with Gasteiger partial charge in [-0.15, -0.1) is 0 Å². The van der Waals surface area contributed by atoms with Crippen molar-refractivity contribution in [1.82, 2.24) is 4.90 Å². The maximum Gasteiger partial charge on any atom is 0.223 e. The van der Waals surface area contributed by atoms with E-state index >= 15 is 0 Å². The van der Waals surface area contributed by atoms with Crippen LogP contribution in [0.15, 0.2) is 0 Å². The lowest BCUT2D eigenvalue weighted by Crippen LogP contribution is -2.27. The standard InChI is InChI=1S/C10H19NO2S/c1-2-5-13-6-3-4-11-8-9(14)7-10(11)12/h9,14H,2-8H2,1H3. The number of likely N-dealkylation sites (tertiary alicyclic amines) is 1. The zero-order chi connectivity index (χ0) is 10.4. The van der Waals surface area contributed by atoms with Crippen molar-refractivity contribution in [1.29, 1.82) is 0 Å². The van der Waals surface area contributed by atoms with Crippen LogP contribution in [0.25, 0.3) is 0 Å². The fraction of sp³-hybridized carbons (Fsp3) is 0.900. The van der Waals surface area contributed by atoms with E-state index in [1.807, 2.05) is 4.90 Å². The van der Waals surface area contributed by atoms with Crippen molar-refractivity contribution in [3.8, 4) is 0 Å². The van der Waals surface area contributed by atoms with Crippen molar-refractivity contribution in [3.05, 3.63) is 0 Å². The minimum atomic E-state index is 0.235. The molecule has 1 aliphatic heterocycles. The molecule has 4 heteroatoms. The first-order valence-electron chi connectivity index (χ1n) is 5.27. The summed E-state index contributed by atoms with van der Waals surface area (Å²) in [7, 11) is 0. The van der Waals surface area contributed by atoms with Crippen LogP contribution in [0.2, 0.25) is 0 Å². The van der Waals surface area contributed by atoms with Gasteiger partial charge in [-0.2, -0.15) is 12.6 Å². The van der Waals surface area contributed by atoms with Crippen LogP contribution in [-0.2, 0) is 9.53 Å². The van der Waals surface area contributed by atoms with E-state index < -0.39 is 0 Å². The molecule has 1 fully saturated rings. The zero-order valence-electron chi connectivity index (χ0n) is 8.74. The number of hydrogen-bond donors (Lipinski definition) is 1. The van der Waals surface area contributed by atoms with E-state index in [0.717, 1.165) is 39.1 Å². The Kier molecular flexibility index (Phi) is 5.33. The SMILES string of the molecule is CCCOCCCN1CC(S)CC1=O. The van der Waals surface area contributed by atoms with E-state index in [9.17, 15) is 4.79 Å². The van der Waals surface area contributed by atoms with Gasteiger partial charge in [-0.1, -0.05) is 6.92 Å². The van der Waals surface area contributed by atoms with Gasteiger partial charge in [0.15, 0.2) is 0 Å². The summed E-state index contributed by atoms with van der Waals surface area (Å²) in [4.78, 5) is 13.2. The van der Waals surface area contributed by atoms with E-state index in [1.54, 1.807) is 0 Å². The highest BCUT2D eigenvalue weighted by Gasteiger charge is 2.26. The third kappa shape index (κ3) is 3.88. The van der Waals surface area contributed by atoms with Gasteiger partial charge in [-0.25, -0.2) is 0 Å². The quantitative estimate of drug-likeness (QED) is 0.537. The molecule has 0 spiro atoms. The molecule has 0 aromatic heterocycles. The van der Waals surface area contributed by atoms with Crippen molar-refractivity contribution in [2.75, 3.05) is 26.3 Å². The van der Waals surface area contributed by atoms with Gasteiger partial charge in [-0.05, 0) is 12.8 Å². The maximum absolute atomic E-state index is 11.3. The molecule has 1 unspecified atom stereocenters. The first-order valence-corrected chi connectivity index (χ1v) is 5.79. The molecule has 0 N–H and O–H groups in total. The molecule has 0 aromatic rings. The van der Waals surface area contributed by atoms with Crippen LogP contribution < -0.4 is 0 Å². The predicted molar refractivity (Wildman–Crippen MR) is 59.7 cm³/mol.